The van der Waals surface area contributed by atoms with Crippen LogP contribution in [0.3, 0.4) is 0 Å². The molecule has 0 unspecified atom stereocenters. The topological polar surface area (TPSA) is 64.4 Å². The van der Waals surface area contributed by atoms with E-state index in [0.717, 1.165) is 4.90 Å². The van der Waals surface area contributed by atoms with Crippen molar-refractivity contribution in [2.75, 3.05) is 11.9 Å². The molecule has 0 spiro atoms. The van der Waals surface area contributed by atoms with Gasteiger partial charge in [-0.2, -0.15) is 0 Å². The summed E-state index contributed by atoms with van der Waals surface area (Å²) >= 11 is 5.97. The summed E-state index contributed by atoms with van der Waals surface area (Å²) in [7, 11) is 1.44. The fourth-order valence-corrected chi connectivity index (χ4v) is 2.04. The standard InChI is InChI=1S/C15H13ClN2O2/c1-18(15(19)20)13-8-7-11(16)9-12(13)14(17)10-5-3-2-4-6-10/h2-9,17H,1H3,(H,19,20). The van der Waals surface area contributed by atoms with E-state index in [1.54, 1.807) is 30.3 Å². The lowest BCUT2D eigenvalue weighted by atomic mass is 10.0. The van der Waals surface area contributed by atoms with Crippen molar-refractivity contribution in [3.63, 3.8) is 0 Å². The molecule has 0 aromatic heterocycles. The van der Waals surface area contributed by atoms with Crippen LogP contribution < -0.4 is 4.90 Å². The number of nitrogens with one attached hydrogen (secondary N) is 1. The second kappa shape index (κ2) is 5.75. The first-order valence-electron chi connectivity index (χ1n) is 5.91. The van der Waals surface area contributed by atoms with Crippen LogP contribution in [-0.4, -0.2) is 24.0 Å². The van der Waals surface area contributed by atoms with Crippen LogP contribution in [0.15, 0.2) is 48.5 Å². The van der Waals surface area contributed by atoms with Gasteiger partial charge in [-0.25, -0.2) is 4.79 Å². The predicted molar refractivity (Wildman–Crippen MR) is 80.3 cm³/mol. The fraction of sp³-hybridized carbons (Fsp3) is 0.0667. The summed E-state index contributed by atoms with van der Waals surface area (Å²) < 4.78 is 0. The third kappa shape index (κ3) is 2.81. The normalized spacial score (nSPS) is 10.1. The molecule has 2 N–H and O–H groups in total. The molecule has 0 aliphatic heterocycles. The van der Waals surface area contributed by atoms with Crippen molar-refractivity contribution in [3.8, 4) is 0 Å². The fourth-order valence-electron chi connectivity index (χ4n) is 1.86. The van der Waals surface area contributed by atoms with Gasteiger partial charge in [-0.15, -0.1) is 0 Å². The molecule has 0 aliphatic carbocycles. The Morgan fingerprint density at radius 1 is 1.20 bits per heavy atom. The molecular weight excluding hydrogens is 276 g/mol. The molecule has 4 nitrogen and oxygen atoms in total. The molecule has 0 atom stereocenters. The summed E-state index contributed by atoms with van der Waals surface area (Å²) in [5.74, 6) is 0. The van der Waals surface area contributed by atoms with Gasteiger partial charge in [0.15, 0.2) is 0 Å². The number of hydrogen-bond acceptors (Lipinski definition) is 2. The van der Waals surface area contributed by atoms with Gasteiger partial charge >= 0.3 is 6.09 Å². The number of rotatable bonds is 3. The highest BCUT2D eigenvalue weighted by molar-refractivity contribution is 6.31. The van der Waals surface area contributed by atoms with Crippen LogP contribution in [-0.2, 0) is 0 Å². The zero-order valence-corrected chi connectivity index (χ0v) is 11.6. The minimum absolute atomic E-state index is 0.233. The molecule has 0 heterocycles. The van der Waals surface area contributed by atoms with Gasteiger partial charge in [0.05, 0.1) is 11.4 Å². The van der Waals surface area contributed by atoms with E-state index in [-0.39, 0.29) is 5.71 Å². The van der Waals surface area contributed by atoms with Crippen molar-refractivity contribution in [2.45, 2.75) is 0 Å². The van der Waals surface area contributed by atoms with E-state index in [9.17, 15) is 4.79 Å². The molecule has 5 heteroatoms. The molecule has 2 aromatic rings. The molecule has 0 saturated carbocycles. The smallest absolute Gasteiger partial charge is 0.411 e. The molecule has 20 heavy (non-hydrogen) atoms. The minimum Gasteiger partial charge on any atom is -0.465 e. The SMILES string of the molecule is CN(C(=O)O)c1ccc(Cl)cc1C(=N)c1ccccc1. The van der Waals surface area contributed by atoms with Gasteiger partial charge in [-0.1, -0.05) is 41.9 Å². The van der Waals surface area contributed by atoms with E-state index in [4.69, 9.17) is 22.1 Å². The Hall–Kier alpha value is -2.33. The van der Waals surface area contributed by atoms with Crippen LogP contribution in [0, 0.1) is 5.41 Å². The Morgan fingerprint density at radius 2 is 1.85 bits per heavy atom. The highest BCUT2D eigenvalue weighted by Gasteiger charge is 2.17. The van der Waals surface area contributed by atoms with Crippen LogP contribution in [0.2, 0.25) is 5.02 Å². The Labute approximate surface area is 121 Å². The zero-order valence-electron chi connectivity index (χ0n) is 10.8. The Morgan fingerprint density at radius 3 is 2.45 bits per heavy atom. The van der Waals surface area contributed by atoms with Gasteiger partial charge < -0.3 is 5.11 Å². The molecule has 0 radical (unpaired) electrons. The number of halogens is 1. The molecule has 2 aromatic carbocycles. The van der Waals surface area contributed by atoms with Crippen molar-refractivity contribution < 1.29 is 9.90 Å². The first kappa shape index (κ1) is 14.1. The summed E-state index contributed by atoms with van der Waals surface area (Å²) in [4.78, 5) is 12.2. The maximum Gasteiger partial charge on any atom is 0.411 e. The van der Waals surface area contributed by atoms with Gasteiger partial charge in [0.2, 0.25) is 0 Å². The lowest BCUT2D eigenvalue weighted by Gasteiger charge is -2.18. The van der Waals surface area contributed by atoms with Gasteiger partial charge in [0, 0.05) is 23.2 Å². The maximum atomic E-state index is 11.1. The Bertz CT molecular complexity index is 656. The van der Waals surface area contributed by atoms with E-state index in [1.165, 1.54) is 7.05 Å². The van der Waals surface area contributed by atoms with Crippen molar-refractivity contribution in [1.82, 2.24) is 0 Å². The van der Waals surface area contributed by atoms with Crippen LogP contribution in [0.25, 0.3) is 0 Å². The van der Waals surface area contributed by atoms with Crippen LogP contribution >= 0.6 is 11.6 Å². The maximum absolute atomic E-state index is 11.1. The number of amides is 1. The predicted octanol–water partition coefficient (Wildman–Crippen LogP) is 3.87. The third-order valence-corrected chi connectivity index (χ3v) is 3.17. The van der Waals surface area contributed by atoms with Gasteiger partial charge in [0.25, 0.3) is 0 Å². The second-order valence-electron chi connectivity index (χ2n) is 4.24. The van der Waals surface area contributed by atoms with Gasteiger partial charge in [-0.05, 0) is 18.2 Å². The first-order valence-corrected chi connectivity index (χ1v) is 6.29. The summed E-state index contributed by atoms with van der Waals surface area (Å²) in [6.07, 6.45) is -1.09. The Balaban J connectivity index is 2.53. The highest BCUT2D eigenvalue weighted by Crippen LogP contribution is 2.26. The number of anilines is 1. The monoisotopic (exact) mass is 288 g/mol. The molecule has 0 fully saturated rings. The number of nitrogens with zero attached hydrogens (tertiary/aromatic N) is 1. The van der Waals surface area contributed by atoms with E-state index in [1.807, 2.05) is 18.2 Å². The average molecular weight is 289 g/mol. The average Bonchev–Trinajstić information content (AvgIpc) is 2.46. The molecule has 2 rings (SSSR count). The quantitative estimate of drug-likeness (QED) is 0.842. The van der Waals surface area contributed by atoms with Crippen molar-refractivity contribution >= 4 is 29.1 Å². The highest BCUT2D eigenvalue weighted by atomic mass is 35.5. The zero-order chi connectivity index (χ0) is 14.7. The van der Waals surface area contributed by atoms with Crippen molar-refractivity contribution in [3.05, 3.63) is 64.7 Å². The van der Waals surface area contributed by atoms with Crippen LogP contribution in [0.5, 0.6) is 0 Å². The summed E-state index contributed by atoms with van der Waals surface area (Å²) in [5.41, 5.74) is 1.84. The van der Waals surface area contributed by atoms with Gasteiger partial charge in [-0.3, -0.25) is 10.3 Å². The van der Waals surface area contributed by atoms with E-state index >= 15 is 0 Å². The summed E-state index contributed by atoms with van der Waals surface area (Å²) in [6.45, 7) is 0. The lowest BCUT2D eigenvalue weighted by Crippen LogP contribution is -2.25. The third-order valence-electron chi connectivity index (χ3n) is 2.94. The van der Waals surface area contributed by atoms with Crippen molar-refractivity contribution in [2.24, 2.45) is 0 Å². The van der Waals surface area contributed by atoms with E-state index < -0.39 is 6.09 Å². The van der Waals surface area contributed by atoms with Gasteiger partial charge in [0.1, 0.15) is 0 Å². The van der Waals surface area contributed by atoms with Crippen LogP contribution in [0.4, 0.5) is 10.5 Å². The summed E-state index contributed by atoms with van der Waals surface area (Å²) in [6, 6.07) is 13.9. The van der Waals surface area contributed by atoms with E-state index in [2.05, 4.69) is 0 Å². The molecular formula is C15H13ClN2O2. The molecule has 0 bridgehead atoms. The van der Waals surface area contributed by atoms with Crippen LogP contribution in [0.1, 0.15) is 11.1 Å². The molecule has 1 amide bonds. The first-order chi connectivity index (χ1) is 9.50. The number of benzene rings is 2. The number of hydrogen-bond donors (Lipinski definition) is 2. The second-order valence-corrected chi connectivity index (χ2v) is 4.68. The van der Waals surface area contributed by atoms with Crippen molar-refractivity contribution in [1.29, 1.82) is 5.41 Å². The number of carbonyl (C=O) groups is 1. The summed E-state index contributed by atoms with van der Waals surface area (Å²) in [5, 5.41) is 17.8. The Kier molecular flexibility index (Phi) is 4.05. The molecule has 0 saturated heterocycles. The minimum atomic E-state index is -1.09. The molecule has 102 valence electrons. The van der Waals surface area contributed by atoms with E-state index in [0.29, 0.717) is 21.8 Å². The largest absolute Gasteiger partial charge is 0.465 e. The molecule has 0 aliphatic rings. The number of carboxylic acid groups (broad SMARTS) is 1. The lowest BCUT2D eigenvalue weighted by molar-refractivity contribution is 0.203.